The van der Waals surface area contributed by atoms with E-state index in [0.29, 0.717) is 15.9 Å². The van der Waals surface area contributed by atoms with Gasteiger partial charge in [0.05, 0.1) is 11.6 Å². The number of carbonyl (C=O) groups excluding carboxylic acids is 2. The summed E-state index contributed by atoms with van der Waals surface area (Å²) in [6.45, 7) is 1.35. The van der Waals surface area contributed by atoms with Crippen molar-refractivity contribution in [2.24, 2.45) is 0 Å². The first-order valence-corrected chi connectivity index (χ1v) is 8.66. The van der Waals surface area contributed by atoms with Gasteiger partial charge in [0.2, 0.25) is 5.56 Å². The normalized spacial score (nSPS) is 11.8. The fourth-order valence-electron chi connectivity index (χ4n) is 2.72. The lowest BCUT2D eigenvalue weighted by Gasteiger charge is -2.15. The largest absolute Gasteiger partial charge is 0.452 e. The predicted molar refractivity (Wildman–Crippen MR) is 103 cm³/mol. The molecule has 0 saturated carbocycles. The van der Waals surface area contributed by atoms with E-state index in [4.69, 9.17) is 16.3 Å². The number of pyridine rings is 1. The molecular formula is C20H17ClN2O4. The average Bonchev–Trinajstić information content (AvgIpc) is 2.65. The molecule has 1 amide bonds. The first kappa shape index (κ1) is 18.7. The van der Waals surface area contributed by atoms with Gasteiger partial charge in [-0.05, 0) is 30.7 Å². The van der Waals surface area contributed by atoms with Gasteiger partial charge in [-0.25, -0.2) is 4.79 Å². The predicted octanol–water partition coefficient (Wildman–Crippen LogP) is 3.22. The number of amides is 1. The topological polar surface area (TPSA) is 88.3 Å². The summed E-state index contributed by atoms with van der Waals surface area (Å²) in [5, 5.41) is 3.86. The van der Waals surface area contributed by atoms with E-state index in [1.54, 1.807) is 49.4 Å². The first-order chi connectivity index (χ1) is 12.9. The molecule has 0 aliphatic rings. The number of H-pyrrole nitrogens is 1. The van der Waals surface area contributed by atoms with Crippen LogP contribution in [0.5, 0.6) is 0 Å². The Balaban J connectivity index is 1.66. The number of halogens is 1. The highest BCUT2D eigenvalue weighted by Gasteiger charge is 2.16. The lowest BCUT2D eigenvalue weighted by Crippen LogP contribution is -2.31. The Hall–Kier alpha value is -3.12. The molecule has 1 aromatic heterocycles. The third-order valence-electron chi connectivity index (χ3n) is 4.03. The molecule has 2 aromatic carbocycles. The van der Waals surface area contributed by atoms with E-state index < -0.39 is 24.0 Å². The second-order valence-corrected chi connectivity index (χ2v) is 6.45. The number of ether oxygens (including phenoxy) is 1. The van der Waals surface area contributed by atoms with Crippen LogP contribution in [0.3, 0.4) is 0 Å². The maximum Gasteiger partial charge on any atom is 0.339 e. The number of carbonyl (C=O) groups is 2. The van der Waals surface area contributed by atoms with Gasteiger partial charge in [0, 0.05) is 22.0 Å². The van der Waals surface area contributed by atoms with Crippen LogP contribution in [0.4, 0.5) is 0 Å². The van der Waals surface area contributed by atoms with Gasteiger partial charge in [0.15, 0.2) is 6.61 Å². The lowest BCUT2D eigenvalue weighted by molar-refractivity contribution is -0.124. The van der Waals surface area contributed by atoms with Gasteiger partial charge in [-0.15, -0.1) is 0 Å². The quantitative estimate of drug-likeness (QED) is 0.661. The van der Waals surface area contributed by atoms with Crippen LogP contribution >= 0.6 is 11.6 Å². The maximum absolute atomic E-state index is 12.3. The van der Waals surface area contributed by atoms with E-state index in [2.05, 4.69) is 10.3 Å². The van der Waals surface area contributed by atoms with Crippen LogP contribution in [0.15, 0.2) is 59.4 Å². The first-order valence-electron chi connectivity index (χ1n) is 8.28. The molecule has 0 bridgehead atoms. The fourth-order valence-corrected chi connectivity index (χ4v) is 2.92. The third kappa shape index (κ3) is 4.54. The molecule has 2 N–H and O–H groups in total. The molecule has 3 aromatic rings. The minimum atomic E-state index is -0.733. The highest BCUT2D eigenvalue weighted by Crippen LogP contribution is 2.18. The van der Waals surface area contributed by atoms with E-state index in [1.165, 1.54) is 0 Å². The van der Waals surface area contributed by atoms with Gasteiger partial charge >= 0.3 is 5.97 Å². The minimum Gasteiger partial charge on any atom is -0.452 e. The highest BCUT2D eigenvalue weighted by molar-refractivity contribution is 6.30. The number of benzene rings is 2. The molecule has 27 heavy (non-hydrogen) atoms. The molecule has 6 nitrogen and oxygen atoms in total. The summed E-state index contributed by atoms with van der Waals surface area (Å²) in [7, 11) is 0. The molecule has 1 heterocycles. The number of para-hydroxylation sites is 1. The van der Waals surface area contributed by atoms with Crippen LogP contribution in [0.25, 0.3) is 10.9 Å². The van der Waals surface area contributed by atoms with E-state index in [9.17, 15) is 14.4 Å². The number of rotatable bonds is 5. The fraction of sp³-hybridized carbons (Fsp3) is 0.150. The molecule has 0 unspecified atom stereocenters. The van der Waals surface area contributed by atoms with Crippen LogP contribution in [0, 0.1) is 0 Å². The Labute approximate surface area is 160 Å². The Bertz CT molecular complexity index is 1060. The van der Waals surface area contributed by atoms with Crippen LogP contribution in [-0.2, 0) is 9.53 Å². The average molecular weight is 385 g/mol. The van der Waals surface area contributed by atoms with Crippen LogP contribution in [0.1, 0.15) is 28.9 Å². The number of aromatic amines is 1. The van der Waals surface area contributed by atoms with Crippen LogP contribution < -0.4 is 10.9 Å². The summed E-state index contributed by atoms with van der Waals surface area (Å²) >= 11 is 5.95. The van der Waals surface area contributed by atoms with Crippen molar-refractivity contribution in [1.29, 1.82) is 0 Å². The van der Waals surface area contributed by atoms with Gasteiger partial charge < -0.3 is 15.0 Å². The van der Waals surface area contributed by atoms with E-state index >= 15 is 0 Å². The van der Waals surface area contributed by atoms with Gasteiger partial charge in [-0.2, -0.15) is 0 Å². The summed E-state index contributed by atoms with van der Waals surface area (Å²) < 4.78 is 5.08. The van der Waals surface area contributed by atoms with Crippen molar-refractivity contribution in [1.82, 2.24) is 10.3 Å². The molecule has 0 fully saturated rings. The van der Waals surface area contributed by atoms with Crippen molar-refractivity contribution in [2.75, 3.05) is 6.61 Å². The van der Waals surface area contributed by atoms with Crippen molar-refractivity contribution in [3.63, 3.8) is 0 Å². The molecule has 0 radical (unpaired) electrons. The molecule has 0 saturated heterocycles. The standard InChI is InChI=1S/C20H17ClN2O4/c1-12(13-5-4-6-14(21)9-13)22-19(25)11-27-20(26)16-10-18(24)23-17-8-3-2-7-15(16)17/h2-10,12H,11H2,1H3,(H,22,25)(H,23,24)/t12-/m1/s1. The van der Waals surface area contributed by atoms with Gasteiger partial charge in [0.25, 0.3) is 5.91 Å². The van der Waals surface area contributed by atoms with E-state index in [-0.39, 0.29) is 11.6 Å². The second kappa shape index (κ2) is 8.05. The number of hydrogen-bond donors (Lipinski definition) is 2. The number of esters is 1. The van der Waals surface area contributed by atoms with Crippen molar-refractivity contribution in [2.45, 2.75) is 13.0 Å². The smallest absolute Gasteiger partial charge is 0.339 e. The van der Waals surface area contributed by atoms with Gasteiger partial charge in [-0.3, -0.25) is 9.59 Å². The Morgan fingerprint density at radius 3 is 2.70 bits per heavy atom. The van der Waals surface area contributed by atoms with Crippen molar-refractivity contribution < 1.29 is 14.3 Å². The van der Waals surface area contributed by atoms with Gasteiger partial charge in [-0.1, -0.05) is 41.9 Å². The van der Waals surface area contributed by atoms with Crippen LogP contribution in [-0.4, -0.2) is 23.5 Å². The SMILES string of the molecule is C[C@@H](NC(=O)COC(=O)c1cc(=O)[nH]c2ccccc12)c1cccc(Cl)c1. The molecule has 138 valence electrons. The Morgan fingerprint density at radius 2 is 1.93 bits per heavy atom. The van der Waals surface area contributed by atoms with Gasteiger partial charge in [0.1, 0.15) is 0 Å². The minimum absolute atomic E-state index is 0.116. The zero-order valence-corrected chi connectivity index (χ0v) is 15.2. The summed E-state index contributed by atoms with van der Waals surface area (Å²) in [5.74, 6) is -1.19. The van der Waals surface area contributed by atoms with Crippen molar-refractivity contribution >= 4 is 34.4 Å². The molecule has 0 aliphatic heterocycles. The Kier molecular flexibility index (Phi) is 5.57. The zero-order chi connectivity index (χ0) is 19.4. The molecule has 0 spiro atoms. The molecule has 1 atom stereocenters. The second-order valence-electron chi connectivity index (χ2n) is 6.01. The van der Waals surface area contributed by atoms with Crippen molar-refractivity contribution in [3.8, 4) is 0 Å². The highest BCUT2D eigenvalue weighted by atomic mass is 35.5. The molecule has 7 heteroatoms. The number of fused-ring (bicyclic) bond motifs is 1. The molecule has 0 aliphatic carbocycles. The summed E-state index contributed by atoms with van der Waals surface area (Å²) in [6.07, 6.45) is 0. The van der Waals surface area contributed by atoms with Crippen LogP contribution in [0.2, 0.25) is 5.02 Å². The van der Waals surface area contributed by atoms with Crippen molar-refractivity contribution in [3.05, 3.63) is 81.1 Å². The maximum atomic E-state index is 12.3. The van der Waals surface area contributed by atoms with E-state index in [1.807, 2.05) is 6.07 Å². The Morgan fingerprint density at radius 1 is 1.15 bits per heavy atom. The monoisotopic (exact) mass is 384 g/mol. The summed E-state index contributed by atoms with van der Waals surface area (Å²) in [5.41, 5.74) is 1.06. The summed E-state index contributed by atoms with van der Waals surface area (Å²) in [6, 6.07) is 14.9. The summed E-state index contributed by atoms with van der Waals surface area (Å²) in [4.78, 5) is 38.8. The number of aromatic nitrogens is 1. The number of nitrogens with one attached hydrogen (secondary N) is 2. The lowest BCUT2D eigenvalue weighted by atomic mass is 10.1. The molecule has 3 rings (SSSR count). The molecular weight excluding hydrogens is 368 g/mol. The number of hydrogen-bond acceptors (Lipinski definition) is 4. The zero-order valence-electron chi connectivity index (χ0n) is 14.5. The van der Waals surface area contributed by atoms with E-state index in [0.717, 1.165) is 11.6 Å². The third-order valence-corrected chi connectivity index (χ3v) is 4.27.